The van der Waals surface area contributed by atoms with E-state index >= 15 is 0 Å². The number of nitrogens with zero attached hydrogens (tertiary/aromatic N) is 3. The van der Waals surface area contributed by atoms with Gasteiger partial charge in [-0.25, -0.2) is 0 Å². The van der Waals surface area contributed by atoms with Crippen LogP contribution in [0, 0.1) is 0 Å². The Hall–Kier alpha value is -3.02. The molecule has 0 N–H and O–H groups in total. The summed E-state index contributed by atoms with van der Waals surface area (Å²) in [5.41, 5.74) is 0.801. The quantitative estimate of drug-likeness (QED) is 0.616. The van der Waals surface area contributed by atoms with Crippen LogP contribution in [0.15, 0.2) is 58.4 Å². The smallest absolute Gasteiger partial charge is 0.272 e. The summed E-state index contributed by atoms with van der Waals surface area (Å²) in [5, 5.41) is 0. The van der Waals surface area contributed by atoms with Gasteiger partial charge >= 0.3 is 0 Å². The van der Waals surface area contributed by atoms with Crippen LogP contribution >= 0.6 is 0 Å². The van der Waals surface area contributed by atoms with E-state index in [9.17, 15) is 9.59 Å². The van der Waals surface area contributed by atoms with E-state index in [1.165, 1.54) is 0 Å². The predicted octanol–water partition coefficient (Wildman–Crippen LogP) is 1.68. The third kappa shape index (κ3) is 3.17. The molecule has 0 aliphatic carbocycles. The lowest BCUT2D eigenvalue weighted by Gasteiger charge is -2.26. The van der Waals surface area contributed by atoms with Crippen LogP contribution in [0.5, 0.6) is 5.75 Å². The molecule has 6 nitrogen and oxygen atoms in total. The van der Waals surface area contributed by atoms with Gasteiger partial charge in [0.05, 0.1) is 31.1 Å². The van der Waals surface area contributed by atoms with Crippen LogP contribution in [-0.4, -0.2) is 16.6 Å². The van der Waals surface area contributed by atoms with Gasteiger partial charge in [-0.3, -0.25) is 19.6 Å². The van der Waals surface area contributed by atoms with E-state index in [-0.39, 0.29) is 5.75 Å². The molecule has 1 aromatic carbocycles. The summed E-state index contributed by atoms with van der Waals surface area (Å²) in [6.07, 6.45) is 3.39. The summed E-state index contributed by atoms with van der Waals surface area (Å²) in [6, 6.07) is 11.2. The van der Waals surface area contributed by atoms with Gasteiger partial charge in [0.15, 0.2) is 5.75 Å². The molecule has 122 valence electrons. The van der Waals surface area contributed by atoms with Crippen molar-refractivity contribution in [2.24, 2.45) is 0 Å². The van der Waals surface area contributed by atoms with Crippen molar-refractivity contribution in [3.63, 3.8) is 0 Å². The van der Waals surface area contributed by atoms with Crippen molar-refractivity contribution in [2.75, 3.05) is 11.5 Å². The minimum absolute atomic E-state index is 0.134. The fourth-order valence-electron chi connectivity index (χ4n) is 2.51. The molecule has 0 fully saturated rings. The average Bonchev–Trinajstić information content (AvgIpc) is 2.62. The highest BCUT2D eigenvalue weighted by atomic mass is 16.5. The summed E-state index contributed by atoms with van der Waals surface area (Å²) in [4.78, 5) is 34.3. The maximum atomic E-state index is 12.1. The van der Waals surface area contributed by atoms with E-state index in [2.05, 4.69) is 9.97 Å². The molecular formula is C18H17N3O3. The number of aromatic nitrogens is 2. The van der Waals surface area contributed by atoms with Crippen LogP contribution in [0.4, 0.5) is 5.69 Å². The zero-order valence-electron chi connectivity index (χ0n) is 13.3. The first-order chi connectivity index (χ1) is 11.7. The van der Waals surface area contributed by atoms with Crippen molar-refractivity contribution >= 4 is 5.69 Å². The molecule has 2 heterocycles. The largest absolute Gasteiger partial charge is 0.488 e. The van der Waals surface area contributed by atoms with Crippen molar-refractivity contribution in [2.45, 2.75) is 20.0 Å². The Morgan fingerprint density at radius 2 is 1.50 bits per heavy atom. The molecule has 0 aliphatic heterocycles. The Morgan fingerprint density at radius 1 is 0.917 bits per heavy atom. The lowest BCUT2D eigenvalue weighted by molar-refractivity contribution is 0.332. The monoisotopic (exact) mass is 323 g/mol. The Bertz CT molecular complexity index is 830. The number of anilines is 1. The van der Waals surface area contributed by atoms with Crippen molar-refractivity contribution in [1.82, 2.24) is 9.97 Å². The maximum absolute atomic E-state index is 12.1. The van der Waals surface area contributed by atoms with Crippen LogP contribution in [0.2, 0.25) is 0 Å². The third-order valence-electron chi connectivity index (χ3n) is 3.61. The lowest BCUT2D eigenvalue weighted by atomic mass is 10.1. The third-order valence-corrected chi connectivity index (χ3v) is 3.61. The van der Waals surface area contributed by atoms with Gasteiger partial charge < -0.3 is 9.64 Å². The normalized spacial score (nSPS) is 10.7. The van der Waals surface area contributed by atoms with Crippen molar-refractivity contribution in [3.05, 3.63) is 80.6 Å². The molecule has 2 aromatic heterocycles. The van der Waals surface area contributed by atoms with Crippen molar-refractivity contribution in [3.8, 4) is 5.75 Å². The lowest BCUT2D eigenvalue weighted by Crippen LogP contribution is -2.41. The fourth-order valence-corrected chi connectivity index (χ4v) is 2.51. The molecule has 0 aliphatic rings. The number of hydrogen-bond donors (Lipinski definition) is 0. The van der Waals surface area contributed by atoms with Gasteiger partial charge in [-0.1, -0.05) is 12.1 Å². The Morgan fingerprint density at radius 3 is 1.96 bits per heavy atom. The van der Waals surface area contributed by atoms with Gasteiger partial charge in [-0.15, -0.1) is 0 Å². The molecule has 0 amide bonds. The van der Waals surface area contributed by atoms with Crippen molar-refractivity contribution in [1.29, 1.82) is 0 Å². The first-order valence-corrected chi connectivity index (χ1v) is 7.71. The zero-order valence-corrected chi connectivity index (χ0v) is 13.3. The van der Waals surface area contributed by atoms with Gasteiger partial charge in [-0.05, 0) is 31.2 Å². The van der Waals surface area contributed by atoms with Gasteiger partial charge in [0, 0.05) is 12.4 Å². The summed E-state index contributed by atoms with van der Waals surface area (Å²) in [5.74, 6) is 0.134. The molecule has 0 bridgehead atoms. The molecule has 0 atom stereocenters. The SMILES string of the molecule is CCOc1c(N(Cc2ccccn2)Cc2ccccn2)c(=O)c1=O. The summed E-state index contributed by atoms with van der Waals surface area (Å²) >= 11 is 0. The Kier molecular flexibility index (Phi) is 4.65. The topological polar surface area (TPSA) is 72.4 Å². The second-order valence-electron chi connectivity index (χ2n) is 5.27. The molecule has 0 saturated carbocycles. The van der Waals surface area contributed by atoms with Crippen LogP contribution in [0.25, 0.3) is 0 Å². The molecular weight excluding hydrogens is 306 g/mol. The van der Waals surface area contributed by atoms with E-state index in [4.69, 9.17) is 4.74 Å². The molecule has 3 rings (SSSR count). The summed E-state index contributed by atoms with van der Waals surface area (Å²) in [7, 11) is 0. The zero-order chi connectivity index (χ0) is 16.9. The van der Waals surface area contributed by atoms with Crippen LogP contribution in [0.1, 0.15) is 18.3 Å². The van der Waals surface area contributed by atoms with Crippen molar-refractivity contribution < 1.29 is 4.74 Å². The molecule has 3 aromatic rings. The Balaban J connectivity index is 1.94. The fraction of sp³-hybridized carbons (Fsp3) is 0.222. The Labute approximate surface area is 139 Å². The average molecular weight is 323 g/mol. The molecule has 0 saturated heterocycles. The molecule has 6 heteroatoms. The van der Waals surface area contributed by atoms with Gasteiger partial charge in [0.25, 0.3) is 10.9 Å². The minimum atomic E-state index is -0.570. The molecule has 0 radical (unpaired) electrons. The second kappa shape index (κ2) is 7.04. The number of ether oxygens (including phenoxy) is 1. The molecule has 24 heavy (non-hydrogen) atoms. The van der Waals surface area contributed by atoms with Gasteiger partial charge in [0.1, 0.15) is 5.69 Å². The highest BCUT2D eigenvalue weighted by molar-refractivity contribution is 5.63. The highest BCUT2D eigenvalue weighted by Crippen LogP contribution is 2.25. The number of hydrogen-bond acceptors (Lipinski definition) is 6. The maximum Gasteiger partial charge on any atom is 0.272 e. The second-order valence-corrected chi connectivity index (χ2v) is 5.27. The van der Waals surface area contributed by atoms with Crippen LogP contribution in [-0.2, 0) is 13.1 Å². The van der Waals surface area contributed by atoms with E-state index in [1.807, 2.05) is 36.4 Å². The van der Waals surface area contributed by atoms with E-state index in [0.29, 0.717) is 25.4 Å². The van der Waals surface area contributed by atoms with Crippen LogP contribution < -0.4 is 20.5 Å². The predicted molar refractivity (Wildman–Crippen MR) is 90.9 cm³/mol. The minimum Gasteiger partial charge on any atom is -0.488 e. The summed E-state index contributed by atoms with van der Waals surface area (Å²) in [6.45, 7) is 2.89. The number of rotatable bonds is 7. The molecule has 0 spiro atoms. The van der Waals surface area contributed by atoms with Gasteiger partial charge in [-0.2, -0.15) is 0 Å². The van der Waals surface area contributed by atoms with Crippen LogP contribution in [0.3, 0.4) is 0 Å². The highest BCUT2D eigenvalue weighted by Gasteiger charge is 2.28. The first-order valence-electron chi connectivity index (χ1n) is 7.71. The number of pyridine rings is 2. The standard InChI is InChI=1S/C18H17N3O3/c1-2-24-18-15(16(22)17(18)23)21(11-13-7-3-5-9-19-13)12-14-8-4-6-10-20-14/h3-10H,2,11-12H2,1H3. The molecule has 0 unspecified atom stereocenters. The van der Waals surface area contributed by atoms with E-state index in [0.717, 1.165) is 11.4 Å². The summed E-state index contributed by atoms with van der Waals surface area (Å²) < 4.78 is 5.36. The van der Waals surface area contributed by atoms with Gasteiger partial charge in [0.2, 0.25) is 0 Å². The van der Waals surface area contributed by atoms with E-state index in [1.54, 1.807) is 24.2 Å². The van der Waals surface area contributed by atoms with E-state index < -0.39 is 10.9 Å². The first kappa shape index (κ1) is 15.9.